The van der Waals surface area contributed by atoms with E-state index in [0.29, 0.717) is 11.0 Å². The summed E-state index contributed by atoms with van der Waals surface area (Å²) in [4.78, 5) is 10.0. The van der Waals surface area contributed by atoms with Crippen LogP contribution < -0.4 is 5.11 Å². The molecule has 5 nitrogen and oxygen atoms in total. The van der Waals surface area contributed by atoms with E-state index < -0.39 is 12.1 Å². The summed E-state index contributed by atoms with van der Waals surface area (Å²) in [6, 6.07) is 0. The van der Waals surface area contributed by atoms with Gasteiger partial charge in [-0.1, -0.05) is 25.5 Å². The van der Waals surface area contributed by atoms with Crippen molar-refractivity contribution in [1.29, 1.82) is 0 Å². The lowest BCUT2D eigenvalue weighted by molar-refractivity contribution is -0.873. The fourth-order valence-electron chi connectivity index (χ4n) is 7.88. The van der Waals surface area contributed by atoms with Gasteiger partial charge >= 0.3 is 0 Å². The molecule has 32 heavy (non-hydrogen) atoms. The van der Waals surface area contributed by atoms with Crippen LogP contribution in [0.1, 0.15) is 84.5 Å². The average Bonchev–Trinajstić information content (AvgIpc) is 2.98. The molecule has 0 saturated heterocycles. The van der Waals surface area contributed by atoms with E-state index in [9.17, 15) is 15.0 Å². The number of aliphatic hydroxyl groups excluding tert-OH is 1. The van der Waals surface area contributed by atoms with Gasteiger partial charge in [-0.2, -0.15) is 0 Å². The van der Waals surface area contributed by atoms with Crippen LogP contribution >= 0.6 is 0 Å². The molecule has 5 heteroatoms. The van der Waals surface area contributed by atoms with Crippen LogP contribution in [0.4, 0.5) is 0 Å². The van der Waals surface area contributed by atoms with Gasteiger partial charge in [-0.05, 0) is 93.3 Å². The zero-order valence-corrected chi connectivity index (χ0v) is 21.1. The number of aliphatic carboxylic acids is 1. The number of likely N-dealkylation sites (N-methyl/N-ethyl adjacent to an activating group) is 1. The number of allylic oxidation sites excluding steroid dienone is 2. The first-order valence-corrected chi connectivity index (χ1v) is 13.0. The molecule has 184 valence electrons. The fourth-order valence-corrected chi connectivity index (χ4v) is 7.88. The van der Waals surface area contributed by atoms with E-state index in [4.69, 9.17) is 5.11 Å². The van der Waals surface area contributed by atoms with Gasteiger partial charge in [0.25, 0.3) is 0 Å². The van der Waals surface area contributed by atoms with Crippen molar-refractivity contribution in [2.75, 3.05) is 27.7 Å². The largest absolute Gasteiger partial charge is 0.550 e. The van der Waals surface area contributed by atoms with Crippen molar-refractivity contribution >= 4 is 5.97 Å². The quantitative estimate of drug-likeness (QED) is 0.499. The molecule has 0 unspecified atom stereocenters. The van der Waals surface area contributed by atoms with Crippen LogP contribution in [0.5, 0.6) is 0 Å². The highest BCUT2D eigenvalue weighted by Gasteiger charge is 2.61. The van der Waals surface area contributed by atoms with E-state index in [0.717, 1.165) is 36.5 Å². The van der Waals surface area contributed by atoms with E-state index in [2.05, 4.69) is 19.9 Å². The van der Waals surface area contributed by atoms with E-state index >= 15 is 0 Å². The van der Waals surface area contributed by atoms with E-state index in [-0.39, 0.29) is 17.4 Å². The summed E-state index contributed by atoms with van der Waals surface area (Å²) in [6.07, 6.45) is 14.4. The number of fused-ring (bicyclic) bond motifs is 5. The van der Waals surface area contributed by atoms with Crippen LogP contribution in [0.2, 0.25) is 0 Å². The molecule has 0 aromatic rings. The fraction of sp³-hybridized carbons (Fsp3) is 0.889. The number of carboxylic acids is 1. The zero-order chi connectivity index (χ0) is 23.7. The minimum atomic E-state index is -1.20. The first kappa shape index (κ1) is 25.7. The molecule has 3 fully saturated rings. The van der Waals surface area contributed by atoms with Crippen molar-refractivity contribution in [3.05, 3.63) is 11.6 Å². The van der Waals surface area contributed by atoms with Gasteiger partial charge in [-0.15, -0.1) is 0 Å². The second kappa shape index (κ2) is 9.76. The van der Waals surface area contributed by atoms with Crippen molar-refractivity contribution < 1.29 is 24.6 Å². The third kappa shape index (κ3) is 5.26. The smallest absolute Gasteiger partial charge is 0.108 e. The lowest BCUT2D eigenvalue weighted by Crippen LogP contribution is -2.52. The normalized spacial score (nSPS) is 39.5. The predicted molar refractivity (Wildman–Crippen MR) is 125 cm³/mol. The van der Waals surface area contributed by atoms with Gasteiger partial charge in [0, 0.05) is 12.4 Å². The Morgan fingerprint density at radius 3 is 2.53 bits per heavy atom. The van der Waals surface area contributed by atoms with Gasteiger partial charge in [0.15, 0.2) is 0 Å². The minimum Gasteiger partial charge on any atom is -0.550 e. The molecule has 0 aromatic heterocycles. The molecule has 0 aromatic carbocycles. The van der Waals surface area contributed by atoms with Crippen LogP contribution in [0, 0.1) is 29.1 Å². The maximum absolute atomic E-state index is 11.2. The molecule has 0 spiro atoms. The molecule has 0 radical (unpaired) electrons. The Balaban J connectivity index is 0.000000226. The molecule has 0 amide bonds. The number of quaternary nitrogens is 1. The van der Waals surface area contributed by atoms with E-state index in [1.807, 2.05) is 26.7 Å². The minimum absolute atomic E-state index is 0.207. The summed E-state index contributed by atoms with van der Waals surface area (Å²) >= 11 is 0. The highest BCUT2D eigenvalue weighted by atomic mass is 16.4. The second-order valence-electron chi connectivity index (χ2n) is 12.4. The zero-order valence-electron chi connectivity index (χ0n) is 21.1. The summed E-state index contributed by atoms with van der Waals surface area (Å²) in [5, 5.41) is 30.3. The lowest BCUT2D eigenvalue weighted by atomic mass is 9.50. The van der Waals surface area contributed by atoms with E-state index in [1.54, 1.807) is 0 Å². The number of carboxylic acid groups (broad SMARTS) is 1. The molecule has 4 aliphatic carbocycles. The van der Waals surface area contributed by atoms with E-state index in [1.165, 1.54) is 51.4 Å². The maximum atomic E-state index is 11.2. The molecule has 4 aliphatic rings. The average molecular weight is 450 g/mol. The van der Waals surface area contributed by atoms with Crippen LogP contribution in [0.15, 0.2) is 11.6 Å². The van der Waals surface area contributed by atoms with Crippen molar-refractivity contribution in [3.63, 3.8) is 0 Å². The second-order valence-corrected chi connectivity index (χ2v) is 12.4. The maximum Gasteiger partial charge on any atom is 0.108 e. The van der Waals surface area contributed by atoms with Crippen LogP contribution in [0.25, 0.3) is 0 Å². The highest BCUT2D eigenvalue weighted by Crippen LogP contribution is 2.65. The van der Waals surface area contributed by atoms with Gasteiger partial charge in [0.2, 0.25) is 0 Å². The molecule has 7 atom stereocenters. The summed E-state index contributed by atoms with van der Waals surface area (Å²) in [5.74, 6) is 2.36. The molecular formula is C27H47NO4. The summed E-state index contributed by atoms with van der Waals surface area (Å²) in [6.45, 7) is 5.05. The predicted octanol–water partition coefficient (Wildman–Crippen LogP) is 3.28. The number of hydrogen-bond donors (Lipinski definition) is 2. The van der Waals surface area contributed by atoms with Crippen molar-refractivity contribution in [3.8, 4) is 0 Å². The summed E-state index contributed by atoms with van der Waals surface area (Å²) in [5.41, 5.74) is 1.65. The number of rotatable bonds is 5. The Bertz CT molecular complexity index is 698. The molecule has 0 aliphatic heterocycles. The first-order chi connectivity index (χ1) is 14.9. The Morgan fingerprint density at radius 2 is 1.91 bits per heavy atom. The monoisotopic (exact) mass is 449 g/mol. The summed E-state index contributed by atoms with van der Waals surface area (Å²) < 4.78 is 0.550. The van der Waals surface area contributed by atoms with Crippen molar-refractivity contribution in [2.45, 2.75) is 96.2 Å². The van der Waals surface area contributed by atoms with Crippen LogP contribution in [-0.2, 0) is 4.79 Å². The number of carbonyl (C=O) groups is 1. The Morgan fingerprint density at radius 1 is 1.19 bits per heavy atom. The molecule has 2 N–H and O–H groups in total. The van der Waals surface area contributed by atoms with Crippen molar-refractivity contribution in [1.82, 2.24) is 0 Å². The third-order valence-electron chi connectivity index (χ3n) is 9.45. The molecular weight excluding hydrogens is 402 g/mol. The Kier molecular flexibility index (Phi) is 7.84. The number of carbonyl (C=O) groups excluding carboxylic acids is 1. The molecule has 4 rings (SSSR count). The van der Waals surface area contributed by atoms with Gasteiger partial charge in [-0.3, -0.25) is 0 Å². The van der Waals surface area contributed by atoms with Crippen LogP contribution in [-0.4, -0.2) is 60.1 Å². The Hall–Kier alpha value is -0.910. The number of aliphatic hydroxyl groups is 2. The van der Waals surface area contributed by atoms with Gasteiger partial charge in [0.1, 0.15) is 12.6 Å². The Labute approximate surface area is 195 Å². The molecule has 0 bridgehead atoms. The SMILES string of the molecule is CC[C@]1(O)CC[C@H]2[C@@H]3CCC4=CCCC[C@@H]4[C@H]3CC[C@@]21C.C[N+](C)(C)C[C@H](O)CC(=O)[O-]. The van der Waals surface area contributed by atoms with Crippen LogP contribution in [0.3, 0.4) is 0 Å². The van der Waals surface area contributed by atoms with Gasteiger partial charge in [0.05, 0.1) is 26.7 Å². The molecule has 0 heterocycles. The number of nitrogens with zero attached hydrogens (tertiary/aromatic N) is 1. The van der Waals surface area contributed by atoms with Crippen molar-refractivity contribution in [2.24, 2.45) is 29.1 Å². The van der Waals surface area contributed by atoms with Gasteiger partial charge in [-0.25, -0.2) is 0 Å². The summed E-state index contributed by atoms with van der Waals surface area (Å²) in [7, 11) is 5.66. The topological polar surface area (TPSA) is 80.6 Å². The molecule has 3 saturated carbocycles. The highest BCUT2D eigenvalue weighted by molar-refractivity contribution is 5.64. The van der Waals surface area contributed by atoms with Gasteiger partial charge < -0.3 is 24.6 Å². The third-order valence-corrected chi connectivity index (χ3v) is 9.45. The standard InChI is InChI=1S/C20H32O.C7H15NO3/c1-3-20(21)13-11-18-17-9-8-14-6-4-5-7-15(14)16(17)10-12-19(18,20)2;1-8(2,3)5-6(9)4-7(10)11/h6,15-18,21H,3-5,7-13H2,1-2H3;6,9H,4-5H2,1-3H3/t15-,16+,17+,18-,19-,20-;6-/m01/s1. The lowest BCUT2D eigenvalue weighted by Gasteiger charge is -2.55. The number of hydrogen-bond acceptors (Lipinski definition) is 4. The first-order valence-electron chi connectivity index (χ1n) is 13.0.